The van der Waals surface area contributed by atoms with Gasteiger partial charge in [-0.15, -0.1) is 0 Å². The standard InChI is InChI=1S/C20H16ClN5O/c21-14-10-15-16(12-24-20(15)23-11-14)17-7-4-8-18(25-17)26(22)19(27)9-13-5-2-1-3-6-13/h1-8,10-12H,9,22H2,(H,23,24). The van der Waals surface area contributed by atoms with Crippen LogP contribution in [-0.4, -0.2) is 20.9 Å². The molecule has 3 N–H and O–H groups in total. The van der Waals surface area contributed by atoms with Crippen LogP contribution in [0.1, 0.15) is 5.56 Å². The fourth-order valence-electron chi connectivity index (χ4n) is 2.88. The molecule has 4 rings (SSSR count). The minimum absolute atomic E-state index is 0.204. The Morgan fingerprint density at radius 2 is 1.96 bits per heavy atom. The van der Waals surface area contributed by atoms with Crippen LogP contribution < -0.4 is 10.9 Å². The van der Waals surface area contributed by atoms with E-state index in [0.717, 1.165) is 21.5 Å². The number of H-pyrrole nitrogens is 1. The van der Waals surface area contributed by atoms with Gasteiger partial charge < -0.3 is 4.98 Å². The number of anilines is 1. The average molecular weight is 378 g/mol. The quantitative estimate of drug-likeness (QED) is 0.322. The second-order valence-corrected chi connectivity index (χ2v) is 6.50. The fraction of sp³-hybridized carbons (Fsp3) is 0.0500. The van der Waals surface area contributed by atoms with E-state index in [2.05, 4.69) is 15.0 Å². The molecule has 3 aromatic heterocycles. The number of benzene rings is 1. The van der Waals surface area contributed by atoms with Crippen LogP contribution in [0, 0.1) is 0 Å². The second-order valence-electron chi connectivity index (χ2n) is 6.06. The Bertz CT molecular complexity index is 1110. The number of fused-ring (bicyclic) bond motifs is 1. The van der Waals surface area contributed by atoms with Gasteiger partial charge in [-0.1, -0.05) is 48.0 Å². The normalized spacial score (nSPS) is 10.9. The lowest BCUT2D eigenvalue weighted by Gasteiger charge is -2.16. The summed E-state index contributed by atoms with van der Waals surface area (Å²) >= 11 is 6.07. The van der Waals surface area contributed by atoms with Crippen molar-refractivity contribution in [1.82, 2.24) is 15.0 Å². The van der Waals surface area contributed by atoms with Gasteiger partial charge in [0.2, 0.25) is 5.91 Å². The van der Waals surface area contributed by atoms with Gasteiger partial charge in [-0.05, 0) is 23.8 Å². The van der Waals surface area contributed by atoms with E-state index in [-0.39, 0.29) is 12.3 Å². The number of carbonyl (C=O) groups is 1. The third-order valence-corrected chi connectivity index (χ3v) is 4.43. The van der Waals surface area contributed by atoms with Crippen molar-refractivity contribution in [2.24, 2.45) is 5.84 Å². The largest absolute Gasteiger partial charge is 0.345 e. The molecule has 0 bridgehead atoms. The summed E-state index contributed by atoms with van der Waals surface area (Å²) in [4.78, 5) is 24.4. The van der Waals surface area contributed by atoms with Crippen LogP contribution in [0.4, 0.5) is 5.82 Å². The van der Waals surface area contributed by atoms with Crippen LogP contribution in [0.5, 0.6) is 0 Å². The molecule has 0 radical (unpaired) electrons. The zero-order chi connectivity index (χ0) is 18.8. The Morgan fingerprint density at radius 3 is 2.78 bits per heavy atom. The van der Waals surface area contributed by atoms with E-state index in [1.807, 2.05) is 54.7 Å². The maximum absolute atomic E-state index is 12.5. The molecule has 0 atom stereocenters. The fourth-order valence-corrected chi connectivity index (χ4v) is 3.04. The van der Waals surface area contributed by atoms with Gasteiger partial charge in [0.25, 0.3) is 0 Å². The molecular weight excluding hydrogens is 362 g/mol. The molecule has 1 aromatic carbocycles. The summed E-state index contributed by atoms with van der Waals surface area (Å²) in [5, 5.41) is 2.47. The molecule has 6 nitrogen and oxygen atoms in total. The van der Waals surface area contributed by atoms with Crippen molar-refractivity contribution in [3.63, 3.8) is 0 Å². The zero-order valence-electron chi connectivity index (χ0n) is 14.3. The topological polar surface area (TPSA) is 87.9 Å². The minimum Gasteiger partial charge on any atom is -0.345 e. The summed E-state index contributed by atoms with van der Waals surface area (Å²) in [7, 11) is 0. The van der Waals surface area contributed by atoms with Gasteiger partial charge in [-0.25, -0.2) is 20.8 Å². The van der Waals surface area contributed by atoms with Crippen molar-refractivity contribution in [3.05, 3.63) is 77.6 Å². The van der Waals surface area contributed by atoms with Crippen molar-refractivity contribution < 1.29 is 4.79 Å². The van der Waals surface area contributed by atoms with Crippen LogP contribution >= 0.6 is 11.6 Å². The number of nitrogens with zero attached hydrogens (tertiary/aromatic N) is 3. The van der Waals surface area contributed by atoms with E-state index in [9.17, 15) is 4.79 Å². The zero-order valence-corrected chi connectivity index (χ0v) is 15.0. The van der Waals surface area contributed by atoms with E-state index in [0.29, 0.717) is 22.2 Å². The third kappa shape index (κ3) is 3.53. The van der Waals surface area contributed by atoms with Crippen LogP contribution in [0.2, 0.25) is 5.02 Å². The lowest BCUT2D eigenvalue weighted by Crippen LogP contribution is -2.39. The molecule has 0 aliphatic rings. The summed E-state index contributed by atoms with van der Waals surface area (Å²) < 4.78 is 0. The minimum atomic E-state index is -0.241. The number of carbonyl (C=O) groups excluding carboxylic acids is 1. The predicted molar refractivity (Wildman–Crippen MR) is 106 cm³/mol. The number of pyridine rings is 2. The molecule has 0 saturated carbocycles. The first-order valence-corrected chi connectivity index (χ1v) is 8.71. The highest BCUT2D eigenvalue weighted by Crippen LogP contribution is 2.29. The van der Waals surface area contributed by atoms with E-state index in [4.69, 9.17) is 17.4 Å². The number of nitrogens with one attached hydrogen (secondary N) is 1. The molecule has 0 fully saturated rings. The molecule has 1 amide bonds. The van der Waals surface area contributed by atoms with E-state index < -0.39 is 0 Å². The molecular formula is C20H16ClN5O. The molecule has 3 heterocycles. The number of hydrogen-bond donors (Lipinski definition) is 2. The van der Waals surface area contributed by atoms with Gasteiger partial charge in [0.05, 0.1) is 17.1 Å². The Morgan fingerprint density at radius 1 is 1.15 bits per heavy atom. The van der Waals surface area contributed by atoms with E-state index in [1.54, 1.807) is 12.3 Å². The van der Waals surface area contributed by atoms with Crippen LogP contribution in [0.3, 0.4) is 0 Å². The summed E-state index contributed by atoms with van der Waals surface area (Å²) in [6.07, 6.45) is 3.60. The molecule has 0 unspecified atom stereocenters. The van der Waals surface area contributed by atoms with Gasteiger partial charge >= 0.3 is 0 Å². The van der Waals surface area contributed by atoms with Crippen LogP contribution in [0.25, 0.3) is 22.3 Å². The van der Waals surface area contributed by atoms with Gasteiger partial charge in [-0.3, -0.25) is 4.79 Å². The van der Waals surface area contributed by atoms with Crippen molar-refractivity contribution in [1.29, 1.82) is 0 Å². The molecule has 0 aliphatic heterocycles. The van der Waals surface area contributed by atoms with Gasteiger partial charge in [0.1, 0.15) is 11.5 Å². The highest BCUT2D eigenvalue weighted by atomic mass is 35.5. The lowest BCUT2D eigenvalue weighted by molar-refractivity contribution is -0.118. The first kappa shape index (κ1) is 17.2. The maximum atomic E-state index is 12.5. The smallest absolute Gasteiger partial charge is 0.246 e. The number of hydrazine groups is 1. The highest BCUT2D eigenvalue weighted by Gasteiger charge is 2.16. The van der Waals surface area contributed by atoms with Crippen molar-refractivity contribution in [3.8, 4) is 11.3 Å². The number of halogens is 1. The summed E-state index contributed by atoms with van der Waals surface area (Å²) in [6, 6.07) is 16.6. The number of amides is 1. The van der Waals surface area contributed by atoms with Crippen LogP contribution in [-0.2, 0) is 11.2 Å². The Labute approximate surface area is 160 Å². The SMILES string of the molecule is NN(C(=O)Cc1ccccc1)c1cccc(-c2c[nH]c3ncc(Cl)cc23)n1. The van der Waals surface area contributed by atoms with Gasteiger partial charge in [0, 0.05) is 23.3 Å². The first-order chi connectivity index (χ1) is 13.1. The van der Waals surface area contributed by atoms with Gasteiger partial charge in [0.15, 0.2) is 0 Å². The Kier molecular flexibility index (Phi) is 4.58. The molecule has 0 aliphatic carbocycles. The number of rotatable bonds is 4. The number of nitrogens with two attached hydrogens (primary N) is 1. The maximum Gasteiger partial charge on any atom is 0.246 e. The summed E-state index contributed by atoms with van der Waals surface area (Å²) in [5.74, 6) is 6.16. The van der Waals surface area contributed by atoms with Crippen molar-refractivity contribution in [2.75, 3.05) is 5.01 Å². The number of aromatic amines is 1. The summed E-state index contributed by atoms with van der Waals surface area (Å²) in [5.41, 5.74) is 3.12. The molecule has 7 heteroatoms. The second kappa shape index (κ2) is 7.19. The molecule has 0 spiro atoms. The number of aromatic nitrogens is 3. The monoisotopic (exact) mass is 377 g/mol. The first-order valence-electron chi connectivity index (χ1n) is 8.33. The highest BCUT2D eigenvalue weighted by molar-refractivity contribution is 6.31. The van der Waals surface area contributed by atoms with Crippen molar-refractivity contribution >= 4 is 34.4 Å². The van der Waals surface area contributed by atoms with E-state index in [1.165, 1.54) is 0 Å². The van der Waals surface area contributed by atoms with E-state index >= 15 is 0 Å². The predicted octanol–water partition coefficient (Wildman–Crippen LogP) is 3.73. The molecule has 0 saturated heterocycles. The summed E-state index contributed by atoms with van der Waals surface area (Å²) in [6.45, 7) is 0. The molecule has 4 aromatic rings. The van der Waals surface area contributed by atoms with Crippen LogP contribution in [0.15, 0.2) is 67.0 Å². The third-order valence-electron chi connectivity index (χ3n) is 4.22. The average Bonchev–Trinajstić information content (AvgIpc) is 3.11. The number of hydrogen-bond acceptors (Lipinski definition) is 4. The lowest BCUT2D eigenvalue weighted by atomic mass is 10.1. The Hall–Kier alpha value is -3.22. The molecule has 27 heavy (non-hydrogen) atoms. The molecule has 134 valence electrons. The Balaban J connectivity index is 1.63. The van der Waals surface area contributed by atoms with Gasteiger partial charge in [-0.2, -0.15) is 0 Å². The van der Waals surface area contributed by atoms with Crippen molar-refractivity contribution in [2.45, 2.75) is 6.42 Å².